The molecule has 3 N–H and O–H groups in total. The van der Waals surface area contributed by atoms with E-state index in [-0.39, 0.29) is 11.5 Å². The second-order valence-corrected chi connectivity index (χ2v) is 6.52. The molecule has 0 aliphatic carbocycles. The summed E-state index contributed by atoms with van der Waals surface area (Å²) in [6.07, 6.45) is 0.784. The molecule has 1 aliphatic rings. The lowest BCUT2D eigenvalue weighted by Gasteiger charge is -2.40. The van der Waals surface area contributed by atoms with Gasteiger partial charge in [0.15, 0.2) is 11.9 Å². The highest BCUT2D eigenvalue weighted by Gasteiger charge is 2.45. The molecule has 0 bridgehead atoms. The van der Waals surface area contributed by atoms with E-state index in [9.17, 15) is 15.0 Å². The maximum atomic E-state index is 11.9. The summed E-state index contributed by atoms with van der Waals surface area (Å²) >= 11 is 0. The number of phenols is 2. The predicted molar refractivity (Wildman–Crippen MR) is 105 cm³/mol. The second-order valence-electron chi connectivity index (χ2n) is 6.52. The average molecular weight is 377 g/mol. The lowest BCUT2D eigenvalue weighted by molar-refractivity contribution is 0.0490. The van der Waals surface area contributed by atoms with Gasteiger partial charge in [-0.15, -0.1) is 0 Å². The lowest BCUT2D eigenvalue weighted by Crippen LogP contribution is -2.35. The van der Waals surface area contributed by atoms with E-state index < -0.39 is 5.60 Å². The largest absolute Gasteiger partial charge is 0.508 e. The highest BCUT2D eigenvalue weighted by Crippen LogP contribution is 2.54. The number of nitrogens with one attached hydrogen (secondary N) is 1. The van der Waals surface area contributed by atoms with Crippen LogP contribution < -0.4 is 10.1 Å². The van der Waals surface area contributed by atoms with Crippen molar-refractivity contribution in [2.24, 2.45) is 0 Å². The van der Waals surface area contributed by atoms with Crippen molar-refractivity contribution >= 4 is 12.0 Å². The molecule has 0 atom stereocenters. The first-order valence-corrected chi connectivity index (χ1v) is 8.71. The number of benzene rings is 3. The summed E-state index contributed by atoms with van der Waals surface area (Å²) in [5.41, 5.74) is 2.01. The van der Waals surface area contributed by atoms with E-state index in [1.54, 1.807) is 44.5 Å². The fourth-order valence-corrected chi connectivity index (χ4v) is 3.79. The zero-order valence-corrected chi connectivity index (χ0v) is 15.4. The summed E-state index contributed by atoms with van der Waals surface area (Å²) < 4.78 is 12.0. The maximum absolute atomic E-state index is 11.9. The number of carbonyl (C=O) groups is 1. The Labute approximate surface area is 162 Å². The van der Waals surface area contributed by atoms with Gasteiger partial charge in [0.1, 0.15) is 23.0 Å². The van der Waals surface area contributed by atoms with Crippen LogP contribution >= 0.6 is 0 Å². The second kappa shape index (κ2) is 6.58. The Kier molecular flexibility index (Phi) is 4.20. The standard InChI is InChI=1S/C22H19NO5/c1-23-14-3-6-17(13(9-14)12-24)22(27-2)18-7-4-15(25)10-20(18)28-21-11-16(26)5-8-19(21)22/h3-12,23,25-26H,1-2H3. The number of hydrogen-bond donors (Lipinski definition) is 3. The Bertz CT molecular complexity index is 1030. The zero-order chi connectivity index (χ0) is 19.9. The summed E-state index contributed by atoms with van der Waals surface area (Å²) in [5, 5.41) is 22.9. The van der Waals surface area contributed by atoms with E-state index in [2.05, 4.69) is 5.32 Å². The van der Waals surface area contributed by atoms with Gasteiger partial charge in [-0.05, 0) is 36.4 Å². The minimum absolute atomic E-state index is 0.0356. The topological polar surface area (TPSA) is 88.0 Å². The van der Waals surface area contributed by atoms with Crippen LogP contribution in [0.4, 0.5) is 5.69 Å². The number of hydrogen-bond acceptors (Lipinski definition) is 6. The van der Waals surface area contributed by atoms with Crippen LogP contribution in [0.5, 0.6) is 23.0 Å². The summed E-state index contributed by atoms with van der Waals surface area (Å²) in [5.74, 6) is 0.839. The number of methoxy groups -OCH3 is 1. The summed E-state index contributed by atoms with van der Waals surface area (Å²) in [6.45, 7) is 0. The van der Waals surface area contributed by atoms with Crippen molar-refractivity contribution < 1.29 is 24.5 Å². The molecule has 1 aliphatic heterocycles. The zero-order valence-electron chi connectivity index (χ0n) is 15.4. The Morgan fingerprint density at radius 1 is 0.929 bits per heavy atom. The van der Waals surface area contributed by atoms with Crippen LogP contribution in [0, 0.1) is 0 Å². The molecule has 0 unspecified atom stereocenters. The predicted octanol–water partition coefficient (Wildman–Crippen LogP) is 4.00. The van der Waals surface area contributed by atoms with Crippen molar-refractivity contribution in [3.63, 3.8) is 0 Å². The molecule has 6 heteroatoms. The molecule has 3 aromatic rings. The van der Waals surface area contributed by atoms with E-state index >= 15 is 0 Å². The number of aldehydes is 1. The quantitative estimate of drug-likeness (QED) is 0.596. The van der Waals surface area contributed by atoms with Crippen LogP contribution in [0.2, 0.25) is 0 Å². The smallest absolute Gasteiger partial charge is 0.151 e. The van der Waals surface area contributed by atoms with E-state index in [0.29, 0.717) is 33.8 Å². The van der Waals surface area contributed by atoms with Gasteiger partial charge in [0.25, 0.3) is 0 Å². The SMILES string of the molecule is CNc1ccc(C2(OC)c3ccc(O)cc3Oc3cc(O)ccc32)c(C=O)c1. The van der Waals surface area contributed by atoms with Crippen LogP contribution in [0.1, 0.15) is 27.0 Å². The number of rotatable bonds is 4. The van der Waals surface area contributed by atoms with Crippen molar-refractivity contribution in [3.05, 3.63) is 76.9 Å². The van der Waals surface area contributed by atoms with Crippen LogP contribution in [0.3, 0.4) is 0 Å². The minimum atomic E-state index is -1.16. The van der Waals surface area contributed by atoms with Gasteiger partial charge in [0.2, 0.25) is 0 Å². The molecular formula is C22H19NO5. The number of ether oxygens (including phenoxy) is 2. The van der Waals surface area contributed by atoms with Crippen LogP contribution in [-0.4, -0.2) is 30.7 Å². The molecule has 0 saturated heterocycles. The van der Waals surface area contributed by atoms with E-state index in [4.69, 9.17) is 9.47 Å². The van der Waals surface area contributed by atoms with Crippen molar-refractivity contribution in [1.29, 1.82) is 0 Å². The first-order valence-electron chi connectivity index (χ1n) is 8.71. The van der Waals surface area contributed by atoms with Crippen molar-refractivity contribution in [3.8, 4) is 23.0 Å². The van der Waals surface area contributed by atoms with Gasteiger partial charge in [0.05, 0.1) is 0 Å². The highest BCUT2D eigenvalue weighted by molar-refractivity contribution is 5.82. The average Bonchev–Trinajstić information content (AvgIpc) is 2.71. The monoisotopic (exact) mass is 377 g/mol. The normalized spacial score (nSPS) is 13.8. The Morgan fingerprint density at radius 3 is 2.00 bits per heavy atom. The van der Waals surface area contributed by atoms with E-state index in [1.165, 1.54) is 12.1 Å². The Morgan fingerprint density at radius 2 is 1.50 bits per heavy atom. The molecule has 0 saturated carbocycles. The summed E-state index contributed by atoms with van der Waals surface area (Å²) in [7, 11) is 3.33. The third kappa shape index (κ3) is 2.50. The van der Waals surface area contributed by atoms with Gasteiger partial charge >= 0.3 is 0 Å². The van der Waals surface area contributed by atoms with Crippen LogP contribution in [-0.2, 0) is 10.3 Å². The van der Waals surface area contributed by atoms with Gasteiger partial charge in [0, 0.05) is 54.2 Å². The highest BCUT2D eigenvalue weighted by atomic mass is 16.5. The van der Waals surface area contributed by atoms with Gasteiger partial charge in [-0.1, -0.05) is 6.07 Å². The Balaban J connectivity index is 2.10. The molecule has 6 nitrogen and oxygen atoms in total. The molecule has 0 radical (unpaired) electrons. The van der Waals surface area contributed by atoms with Gasteiger partial charge in [-0.2, -0.15) is 0 Å². The fourth-order valence-electron chi connectivity index (χ4n) is 3.79. The van der Waals surface area contributed by atoms with Gasteiger partial charge in [-0.3, -0.25) is 4.79 Å². The summed E-state index contributed by atoms with van der Waals surface area (Å²) in [4.78, 5) is 11.9. The Hall–Kier alpha value is -3.51. The number of aromatic hydroxyl groups is 2. The third-order valence-corrected chi connectivity index (χ3v) is 5.06. The van der Waals surface area contributed by atoms with Crippen molar-refractivity contribution in [2.75, 3.05) is 19.5 Å². The van der Waals surface area contributed by atoms with Crippen molar-refractivity contribution in [1.82, 2.24) is 0 Å². The maximum Gasteiger partial charge on any atom is 0.151 e. The van der Waals surface area contributed by atoms with Gasteiger partial charge < -0.3 is 25.0 Å². The minimum Gasteiger partial charge on any atom is -0.508 e. The first-order chi connectivity index (χ1) is 13.5. The van der Waals surface area contributed by atoms with E-state index in [1.807, 2.05) is 12.1 Å². The number of phenolic OH excluding ortho intramolecular Hbond substituents is 2. The molecule has 0 spiro atoms. The molecule has 4 rings (SSSR count). The molecule has 3 aromatic carbocycles. The first kappa shape index (κ1) is 17.9. The summed E-state index contributed by atoms with van der Waals surface area (Å²) in [6, 6.07) is 14.9. The molecule has 142 valence electrons. The van der Waals surface area contributed by atoms with E-state index in [0.717, 1.165) is 12.0 Å². The van der Waals surface area contributed by atoms with Gasteiger partial charge in [-0.25, -0.2) is 0 Å². The molecule has 0 amide bonds. The fraction of sp³-hybridized carbons (Fsp3) is 0.136. The van der Waals surface area contributed by atoms with Crippen LogP contribution in [0.25, 0.3) is 0 Å². The van der Waals surface area contributed by atoms with Crippen molar-refractivity contribution in [2.45, 2.75) is 5.60 Å². The molecule has 28 heavy (non-hydrogen) atoms. The molecule has 1 heterocycles. The molecular weight excluding hydrogens is 358 g/mol. The number of anilines is 1. The van der Waals surface area contributed by atoms with Crippen LogP contribution in [0.15, 0.2) is 54.6 Å². The third-order valence-electron chi connectivity index (χ3n) is 5.06. The number of carbonyl (C=O) groups excluding carboxylic acids is 1. The lowest BCUT2D eigenvalue weighted by atomic mass is 9.76. The molecule has 0 fully saturated rings. The molecule has 0 aromatic heterocycles. The number of fused-ring (bicyclic) bond motifs is 2.